The number of hydrogen-bond donors (Lipinski definition) is 1. The summed E-state index contributed by atoms with van der Waals surface area (Å²) >= 11 is 0. The van der Waals surface area contributed by atoms with E-state index in [2.05, 4.69) is 28.4 Å². The first-order chi connectivity index (χ1) is 11.8. The van der Waals surface area contributed by atoms with Crippen LogP contribution in [0.3, 0.4) is 0 Å². The van der Waals surface area contributed by atoms with Crippen LogP contribution >= 0.6 is 0 Å². The third-order valence-electron chi connectivity index (χ3n) is 5.09. The van der Waals surface area contributed by atoms with Crippen LogP contribution in [0.4, 0.5) is 0 Å². The molecule has 0 aliphatic carbocycles. The molecule has 0 amide bonds. The van der Waals surface area contributed by atoms with E-state index >= 15 is 0 Å². The van der Waals surface area contributed by atoms with Crippen LogP contribution in [0.25, 0.3) is 0 Å². The van der Waals surface area contributed by atoms with Crippen molar-refractivity contribution in [3.8, 4) is 11.5 Å². The lowest BCUT2D eigenvalue weighted by molar-refractivity contribution is 0.0212. The van der Waals surface area contributed by atoms with Crippen LogP contribution in [0.1, 0.15) is 31.4 Å². The number of rotatable bonds is 6. The maximum atomic E-state index is 5.68. The predicted molar refractivity (Wildman–Crippen MR) is 94.9 cm³/mol. The van der Waals surface area contributed by atoms with Gasteiger partial charge in [0.15, 0.2) is 11.5 Å². The molecular formula is C19H30N2O3. The Labute approximate surface area is 145 Å². The molecule has 3 rings (SSSR count). The molecule has 2 aliphatic heterocycles. The van der Waals surface area contributed by atoms with E-state index in [-0.39, 0.29) is 0 Å². The molecule has 0 saturated carbocycles. The van der Waals surface area contributed by atoms with Crippen molar-refractivity contribution in [1.29, 1.82) is 0 Å². The van der Waals surface area contributed by atoms with Crippen molar-refractivity contribution in [3.63, 3.8) is 0 Å². The molecule has 0 spiro atoms. The summed E-state index contributed by atoms with van der Waals surface area (Å²) in [6, 6.07) is 6.88. The Hall–Kier alpha value is -1.30. The molecule has 24 heavy (non-hydrogen) atoms. The zero-order valence-corrected chi connectivity index (χ0v) is 14.9. The first-order valence-corrected chi connectivity index (χ1v) is 9.16. The Balaban J connectivity index is 1.88. The summed E-state index contributed by atoms with van der Waals surface area (Å²) in [5.74, 6) is 2.30. The Morgan fingerprint density at radius 1 is 1.21 bits per heavy atom. The van der Waals surface area contributed by atoms with E-state index in [4.69, 9.17) is 14.2 Å². The van der Waals surface area contributed by atoms with Gasteiger partial charge in [-0.1, -0.05) is 6.07 Å². The number of piperazine rings is 1. The zero-order valence-electron chi connectivity index (χ0n) is 14.9. The number of nitrogens with zero attached hydrogens (tertiary/aromatic N) is 1. The SMILES string of the molecule is CCOc1ccc([C@@H](C2CCOCC2)N2CCNCC2)cc1OC. The van der Waals surface area contributed by atoms with Crippen LogP contribution in [0, 0.1) is 5.92 Å². The van der Waals surface area contributed by atoms with Gasteiger partial charge in [0.25, 0.3) is 0 Å². The van der Waals surface area contributed by atoms with E-state index in [1.165, 1.54) is 5.56 Å². The van der Waals surface area contributed by atoms with Gasteiger partial charge < -0.3 is 19.5 Å². The molecule has 5 heteroatoms. The molecular weight excluding hydrogens is 304 g/mol. The van der Waals surface area contributed by atoms with Crippen LogP contribution in [0.15, 0.2) is 18.2 Å². The first kappa shape index (κ1) is 17.5. The highest BCUT2D eigenvalue weighted by atomic mass is 16.5. The molecule has 2 fully saturated rings. The monoisotopic (exact) mass is 334 g/mol. The second-order valence-electron chi connectivity index (χ2n) is 6.52. The summed E-state index contributed by atoms with van der Waals surface area (Å²) < 4.78 is 16.9. The molecule has 1 aromatic carbocycles. The van der Waals surface area contributed by atoms with Crippen molar-refractivity contribution in [2.75, 3.05) is 53.1 Å². The van der Waals surface area contributed by atoms with Gasteiger partial charge in [-0.25, -0.2) is 0 Å². The Morgan fingerprint density at radius 2 is 1.96 bits per heavy atom. The van der Waals surface area contributed by atoms with Crippen LogP contribution in [0.2, 0.25) is 0 Å². The molecule has 1 aromatic rings. The van der Waals surface area contributed by atoms with Gasteiger partial charge in [0.05, 0.1) is 13.7 Å². The van der Waals surface area contributed by atoms with Gasteiger partial charge in [-0.3, -0.25) is 4.90 Å². The molecule has 1 N–H and O–H groups in total. The molecule has 2 saturated heterocycles. The molecule has 0 radical (unpaired) electrons. The summed E-state index contributed by atoms with van der Waals surface area (Å²) in [6.07, 6.45) is 2.26. The standard InChI is InChI=1S/C19H30N2O3/c1-3-24-17-5-4-16(14-18(17)22-2)19(15-6-12-23-13-7-15)21-10-8-20-9-11-21/h4-5,14-15,19-20H,3,6-13H2,1-2H3/t19-/m1/s1. The first-order valence-electron chi connectivity index (χ1n) is 9.16. The van der Waals surface area contributed by atoms with Crippen molar-refractivity contribution in [2.45, 2.75) is 25.8 Å². The fourth-order valence-corrected chi connectivity index (χ4v) is 3.92. The average Bonchev–Trinajstić information content (AvgIpc) is 2.65. The molecule has 0 bridgehead atoms. The summed E-state index contributed by atoms with van der Waals surface area (Å²) in [5.41, 5.74) is 1.34. The second kappa shape index (κ2) is 8.70. The minimum absolute atomic E-state index is 0.431. The fraction of sp³-hybridized carbons (Fsp3) is 0.684. The highest BCUT2D eigenvalue weighted by Crippen LogP contribution is 2.39. The van der Waals surface area contributed by atoms with E-state index in [1.807, 2.05) is 6.92 Å². The van der Waals surface area contributed by atoms with Crippen molar-refractivity contribution < 1.29 is 14.2 Å². The number of benzene rings is 1. The van der Waals surface area contributed by atoms with Crippen LogP contribution < -0.4 is 14.8 Å². The second-order valence-corrected chi connectivity index (χ2v) is 6.52. The zero-order chi connectivity index (χ0) is 16.8. The van der Waals surface area contributed by atoms with E-state index < -0.39 is 0 Å². The molecule has 0 aromatic heterocycles. The smallest absolute Gasteiger partial charge is 0.161 e. The summed E-state index contributed by atoms with van der Waals surface area (Å²) in [4.78, 5) is 2.63. The van der Waals surface area contributed by atoms with Crippen molar-refractivity contribution in [3.05, 3.63) is 23.8 Å². The average molecular weight is 334 g/mol. The number of ether oxygens (including phenoxy) is 3. The highest BCUT2D eigenvalue weighted by molar-refractivity contribution is 5.44. The van der Waals surface area contributed by atoms with E-state index in [0.29, 0.717) is 18.6 Å². The Kier molecular flexibility index (Phi) is 6.35. The van der Waals surface area contributed by atoms with Gasteiger partial charge >= 0.3 is 0 Å². The molecule has 0 unspecified atom stereocenters. The van der Waals surface area contributed by atoms with Crippen LogP contribution in [0.5, 0.6) is 11.5 Å². The van der Waals surface area contributed by atoms with Crippen molar-refractivity contribution in [1.82, 2.24) is 10.2 Å². The molecule has 134 valence electrons. The lowest BCUT2D eigenvalue weighted by Crippen LogP contribution is -2.47. The van der Waals surface area contributed by atoms with E-state index in [0.717, 1.165) is 63.7 Å². The number of hydrogen-bond acceptors (Lipinski definition) is 5. The van der Waals surface area contributed by atoms with Gasteiger partial charge in [-0.05, 0) is 43.4 Å². The predicted octanol–water partition coefficient (Wildman–Crippen LogP) is 2.47. The summed E-state index contributed by atoms with van der Waals surface area (Å²) in [6.45, 7) is 8.72. The van der Waals surface area contributed by atoms with Crippen molar-refractivity contribution in [2.24, 2.45) is 5.92 Å². The largest absolute Gasteiger partial charge is 0.493 e. The quantitative estimate of drug-likeness (QED) is 0.866. The lowest BCUT2D eigenvalue weighted by atomic mass is 9.85. The van der Waals surface area contributed by atoms with Gasteiger partial charge in [-0.15, -0.1) is 0 Å². The Bertz CT molecular complexity index is 493. The minimum Gasteiger partial charge on any atom is -0.493 e. The normalized spacial score (nSPS) is 21.4. The van der Waals surface area contributed by atoms with Crippen molar-refractivity contribution >= 4 is 0 Å². The maximum Gasteiger partial charge on any atom is 0.161 e. The topological polar surface area (TPSA) is 43.0 Å². The maximum absolute atomic E-state index is 5.68. The third-order valence-corrected chi connectivity index (χ3v) is 5.09. The Morgan fingerprint density at radius 3 is 2.62 bits per heavy atom. The van der Waals surface area contributed by atoms with Gasteiger partial charge in [0, 0.05) is 45.4 Å². The molecule has 5 nitrogen and oxygen atoms in total. The van der Waals surface area contributed by atoms with Crippen LogP contribution in [-0.2, 0) is 4.74 Å². The lowest BCUT2D eigenvalue weighted by Gasteiger charge is -2.41. The fourth-order valence-electron chi connectivity index (χ4n) is 3.92. The van der Waals surface area contributed by atoms with E-state index in [9.17, 15) is 0 Å². The van der Waals surface area contributed by atoms with Gasteiger partial charge in [-0.2, -0.15) is 0 Å². The van der Waals surface area contributed by atoms with Gasteiger partial charge in [0.2, 0.25) is 0 Å². The highest BCUT2D eigenvalue weighted by Gasteiger charge is 2.31. The molecule has 2 aliphatic rings. The summed E-state index contributed by atoms with van der Waals surface area (Å²) in [5, 5.41) is 3.46. The minimum atomic E-state index is 0.431. The summed E-state index contributed by atoms with van der Waals surface area (Å²) in [7, 11) is 1.72. The number of methoxy groups -OCH3 is 1. The van der Waals surface area contributed by atoms with Gasteiger partial charge in [0.1, 0.15) is 0 Å². The van der Waals surface area contributed by atoms with E-state index in [1.54, 1.807) is 7.11 Å². The third kappa shape index (κ3) is 4.02. The molecule has 1 atom stereocenters. The number of nitrogens with one attached hydrogen (secondary N) is 1. The molecule has 2 heterocycles. The van der Waals surface area contributed by atoms with Crippen LogP contribution in [-0.4, -0.2) is 58.0 Å².